The first kappa shape index (κ1) is 20.1. The van der Waals surface area contributed by atoms with Gasteiger partial charge in [-0.2, -0.15) is 13.2 Å². The number of nitrogens with zero attached hydrogens (tertiary/aromatic N) is 2. The summed E-state index contributed by atoms with van der Waals surface area (Å²) in [5.41, 5.74) is 1.05. The van der Waals surface area contributed by atoms with Gasteiger partial charge >= 0.3 is 12.1 Å². The zero-order valence-electron chi connectivity index (χ0n) is 15.5. The van der Waals surface area contributed by atoms with Gasteiger partial charge < -0.3 is 18.9 Å². The smallest absolute Gasteiger partial charge is 0.420 e. The predicted molar refractivity (Wildman–Crippen MR) is 92.5 cm³/mol. The monoisotopic (exact) mass is 372 g/mol. The summed E-state index contributed by atoms with van der Waals surface area (Å²) in [7, 11) is 8.02. The lowest BCUT2D eigenvalue weighted by Gasteiger charge is -2.13. The average Bonchev–Trinajstić information content (AvgIpc) is 2.82. The van der Waals surface area contributed by atoms with Gasteiger partial charge in [0.25, 0.3) is 0 Å². The van der Waals surface area contributed by atoms with Crippen LogP contribution in [0.2, 0.25) is 0 Å². The van der Waals surface area contributed by atoms with Crippen molar-refractivity contribution in [1.29, 1.82) is 0 Å². The largest absolute Gasteiger partial charge is 0.496 e. The van der Waals surface area contributed by atoms with Gasteiger partial charge in [0.2, 0.25) is 0 Å². The number of halogens is 3. The molecule has 1 aromatic heterocycles. The highest BCUT2D eigenvalue weighted by Crippen LogP contribution is 2.40. The molecular weight excluding hydrogens is 349 g/mol. The van der Waals surface area contributed by atoms with Crippen LogP contribution in [0.3, 0.4) is 0 Å². The fourth-order valence-electron chi connectivity index (χ4n) is 3.04. The molecule has 8 heteroatoms. The third-order valence-corrected chi connectivity index (χ3v) is 4.41. The fourth-order valence-corrected chi connectivity index (χ4v) is 3.04. The van der Waals surface area contributed by atoms with E-state index in [1.54, 1.807) is 11.6 Å². The van der Waals surface area contributed by atoms with E-state index in [4.69, 9.17) is 9.47 Å². The summed E-state index contributed by atoms with van der Waals surface area (Å²) in [4.78, 5) is 13.8. The highest BCUT2D eigenvalue weighted by atomic mass is 19.4. The van der Waals surface area contributed by atoms with Gasteiger partial charge in [0.05, 0.1) is 26.2 Å². The molecule has 5 nitrogen and oxygen atoms in total. The first-order valence-electron chi connectivity index (χ1n) is 8.07. The molecule has 0 amide bonds. The van der Waals surface area contributed by atoms with Crippen molar-refractivity contribution in [2.45, 2.75) is 19.0 Å². The summed E-state index contributed by atoms with van der Waals surface area (Å²) in [5.74, 6) is -0.705. The van der Waals surface area contributed by atoms with E-state index >= 15 is 0 Å². The minimum Gasteiger partial charge on any atom is -0.496 e. The Labute approximate surface area is 150 Å². The number of esters is 1. The molecule has 0 radical (unpaired) electrons. The molecule has 0 aliphatic carbocycles. The van der Waals surface area contributed by atoms with E-state index < -0.39 is 17.7 Å². The fraction of sp³-hybridized carbons (Fsp3) is 0.500. The number of methoxy groups -OCH3 is 2. The number of aromatic nitrogens is 1. The summed E-state index contributed by atoms with van der Waals surface area (Å²) in [6.45, 7) is 0.696. The van der Waals surface area contributed by atoms with Crippen molar-refractivity contribution in [3.63, 3.8) is 0 Å². The van der Waals surface area contributed by atoms with Gasteiger partial charge in [0.15, 0.2) is 0 Å². The number of benzene rings is 1. The van der Waals surface area contributed by atoms with Crippen LogP contribution in [0, 0.1) is 0 Å². The number of carbonyl (C=O) groups is 1. The van der Waals surface area contributed by atoms with Crippen molar-refractivity contribution in [2.24, 2.45) is 7.05 Å². The van der Waals surface area contributed by atoms with Crippen molar-refractivity contribution in [3.05, 3.63) is 29.0 Å². The maximum Gasteiger partial charge on any atom is 0.420 e. The topological polar surface area (TPSA) is 43.7 Å². The van der Waals surface area contributed by atoms with Crippen LogP contribution < -0.4 is 4.74 Å². The van der Waals surface area contributed by atoms with Crippen LogP contribution in [0.1, 0.15) is 16.8 Å². The Morgan fingerprint density at radius 2 is 1.88 bits per heavy atom. The first-order valence-corrected chi connectivity index (χ1v) is 8.07. The van der Waals surface area contributed by atoms with Crippen LogP contribution in [0.25, 0.3) is 10.9 Å². The Balaban J connectivity index is 2.73. The van der Waals surface area contributed by atoms with E-state index in [0.717, 1.165) is 11.8 Å². The lowest BCUT2D eigenvalue weighted by molar-refractivity contribution is -0.140. The average molecular weight is 372 g/mol. The quantitative estimate of drug-likeness (QED) is 0.731. The Morgan fingerprint density at radius 3 is 2.38 bits per heavy atom. The van der Waals surface area contributed by atoms with Crippen molar-refractivity contribution >= 4 is 16.9 Å². The van der Waals surface area contributed by atoms with Crippen molar-refractivity contribution < 1.29 is 27.4 Å². The van der Waals surface area contributed by atoms with Crippen LogP contribution in [0.5, 0.6) is 5.75 Å². The third-order valence-electron chi connectivity index (χ3n) is 4.41. The molecule has 144 valence electrons. The number of ether oxygens (including phenoxy) is 2. The van der Waals surface area contributed by atoms with E-state index in [0.29, 0.717) is 29.4 Å². The minimum absolute atomic E-state index is 0.00881. The maximum atomic E-state index is 13.4. The molecule has 0 fully saturated rings. The number of hydrogen-bond acceptors (Lipinski definition) is 4. The number of aryl methyl sites for hydroxylation is 1. The van der Waals surface area contributed by atoms with Crippen LogP contribution in [0.15, 0.2) is 12.1 Å². The van der Waals surface area contributed by atoms with Crippen molar-refractivity contribution in [3.8, 4) is 5.75 Å². The van der Waals surface area contributed by atoms with Crippen LogP contribution in [-0.4, -0.2) is 50.3 Å². The molecule has 2 aromatic rings. The Kier molecular flexibility index (Phi) is 5.85. The molecule has 0 unspecified atom stereocenters. The Hall–Kier alpha value is -2.22. The molecule has 1 heterocycles. The summed E-state index contributed by atoms with van der Waals surface area (Å²) >= 11 is 0. The normalized spacial score (nSPS) is 12.0. The second-order valence-corrected chi connectivity index (χ2v) is 6.36. The zero-order chi connectivity index (χ0) is 19.6. The van der Waals surface area contributed by atoms with Crippen molar-refractivity contribution in [1.82, 2.24) is 9.47 Å². The van der Waals surface area contributed by atoms with E-state index in [1.807, 2.05) is 19.0 Å². The Morgan fingerprint density at radius 1 is 1.23 bits per heavy atom. The second kappa shape index (κ2) is 7.57. The second-order valence-electron chi connectivity index (χ2n) is 6.36. The highest BCUT2D eigenvalue weighted by molar-refractivity contribution is 5.91. The van der Waals surface area contributed by atoms with Gasteiger partial charge in [0, 0.05) is 36.6 Å². The first-order chi connectivity index (χ1) is 12.1. The van der Waals surface area contributed by atoms with Gasteiger partial charge in [-0.15, -0.1) is 0 Å². The number of likely N-dealkylation sites (N-methyl/N-ethyl adjacent to an activating group) is 1. The molecule has 0 aliphatic heterocycles. The molecule has 0 spiro atoms. The van der Waals surface area contributed by atoms with E-state index in [2.05, 4.69) is 0 Å². The molecule has 0 aliphatic rings. The summed E-state index contributed by atoms with van der Waals surface area (Å²) in [5, 5.41) is 0.566. The number of fused-ring (bicyclic) bond motifs is 1. The number of carbonyl (C=O) groups excluding carboxylic acids is 1. The lowest BCUT2D eigenvalue weighted by Crippen LogP contribution is -2.17. The maximum absolute atomic E-state index is 13.4. The molecule has 0 saturated carbocycles. The van der Waals surface area contributed by atoms with Crippen molar-refractivity contribution in [2.75, 3.05) is 34.9 Å². The summed E-state index contributed by atoms with van der Waals surface area (Å²) in [6, 6.07) is 2.43. The minimum atomic E-state index is -4.53. The highest BCUT2D eigenvalue weighted by Gasteiger charge is 2.35. The molecular formula is C18H23F3N2O3. The molecule has 0 saturated heterocycles. The standard InChI is InChI=1S/C18H23F3N2O3/c1-22(2)7-6-14-12(9-17(24)26-5)11-8-16(25-4)13(18(19,20)21)10-15(11)23(14)3/h8,10H,6-7,9H2,1-5H3. The predicted octanol–water partition coefficient (Wildman–Crippen LogP) is 3.03. The third kappa shape index (κ3) is 3.95. The number of rotatable bonds is 6. The zero-order valence-corrected chi connectivity index (χ0v) is 15.5. The van der Waals surface area contributed by atoms with E-state index in [9.17, 15) is 18.0 Å². The summed E-state index contributed by atoms with van der Waals surface area (Å²) in [6.07, 6.45) is -3.95. The van der Waals surface area contributed by atoms with Crippen LogP contribution in [0.4, 0.5) is 13.2 Å². The molecule has 1 aromatic carbocycles. The summed E-state index contributed by atoms with van der Waals surface area (Å²) < 4.78 is 51.5. The van der Waals surface area contributed by atoms with Gasteiger partial charge in [0.1, 0.15) is 5.75 Å². The van der Waals surface area contributed by atoms with Gasteiger partial charge in [-0.1, -0.05) is 0 Å². The van der Waals surface area contributed by atoms with Crippen LogP contribution >= 0.6 is 0 Å². The molecule has 2 rings (SSSR count). The molecule has 0 atom stereocenters. The van der Waals surface area contributed by atoms with Gasteiger partial charge in [-0.05, 0) is 31.8 Å². The molecule has 0 bridgehead atoms. The Bertz CT molecular complexity index is 810. The van der Waals surface area contributed by atoms with E-state index in [-0.39, 0.29) is 12.2 Å². The van der Waals surface area contributed by atoms with E-state index in [1.165, 1.54) is 20.3 Å². The number of hydrogen-bond donors (Lipinski definition) is 0. The van der Waals surface area contributed by atoms with Gasteiger partial charge in [-0.3, -0.25) is 4.79 Å². The SMILES string of the molecule is COC(=O)Cc1c(CCN(C)C)n(C)c2cc(C(F)(F)F)c(OC)cc12. The lowest BCUT2D eigenvalue weighted by atomic mass is 10.0. The molecule has 26 heavy (non-hydrogen) atoms. The van der Waals surface area contributed by atoms with Gasteiger partial charge in [-0.25, -0.2) is 0 Å². The molecule has 0 N–H and O–H groups in total. The number of alkyl halides is 3. The van der Waals surface area contributed by atoms with Crippen LogP contribution in [-0.2, 0) is 35.6 Å².